The predicted molar refractivity (Wildman–Crippen MR) is 74.1 cm³/mol. The van der Waals surface area contributed by atoms with Gasteiger partial charge in [-0.25, -0.2) is 0 Å². The first kappa shape index (κ1) is 12.8. The molecule has 104 valence electrons. The second-order valence-corrected chi connectivity index (χ2v) is 5.24. The smallest absolute Gasteiger partial charge is 0.257 e. The van der Waals surface area contributed by atoms with E-state index in [4.69, 9.17) is 4.52 Å². The minimum atomic E-state index is 0.286. The number of hydrogen-bond donors (Lipinski definition) is 0. The van der Waals surface area contributed by atoms with E-state index in [1.165, 1.54) is 5.56 Å². The Balaban J connectivity index is 1.76. The molecule has 1 aromatic heterocycles. The minimum Gasteiger partial charge on any atom is -0.345 e. The highest BCUT2D eigenvalue weighted by molar-refractivity contribution is 5.53. The van der Waals surface area contributed by atoms with Crippen molar-refractivity contribution >= 4 is 6.41 Å². The lowest BCUT2D eigenvalue weighted by molar-refractivity contribution is -0.119. The summed E-state index contributed by atoms with van der Waals surface area (Å²) in [7, 11) is 0. The van der Waals surface area contributed by atoms with Crippen molar-refractivity contribution in [3.63, 3.8) is 0 Å². The monoisotopic (exact) mass is 271 g/mol. The predicted octanol–water partition coefficient (Wildman–Crippen LogP) is 2.38. The lowest BCUT2D eigenvalue weighted by Crippen LogP contribution is -2.31. The fourth-order valence-electron chi connectivity index (χ4n) is 2.56. The molecule has 0 saturated carbocycles. The summed E-state index contributed by atoms with van der Waals surface area (Å²) < 4.78 is 5.37. The van der Waals surface area contributed by atoms with Crippen molar-refractivity contribution in [2.75, 3.05) is 13.1 Å². The van der Waals surface area contributed by atoms with E-state index in [0.717, 1.165) is 43.7 Å². The SMILES string of the molecule is Cc1cccc(-c2nc(C3CCN(C=O)CC3)no2)c1. The van der Waals surface area contributed by atoms with Crippen LogP contribution in [0.25, 0.3) is 11.5 Å². The number of rotatable bonds is 3. The molecule has 0 unspecified atom stereocenters. The number of carbonyl (C=O) groups excluding carboxylic acids is 1. The van der Waals surface area contributed by atoms with Crippen LogP contribution >= 0.6 is 0 Å². The van der Waals surface area contributed by atoms with Gasteiger partial charge in [-0.3, -0.25) is 4.79 Å². The van der Waals surface area contributed by atoms with E-state index < -0.39 is 0 Å². The van der Waals surface area contributed by atoms with Gasteiger partial charge in [0.25, 0.3) is 5.89 Å². The van der Waals surface area contributed by atoms with E-state index in [0.29, 0.717) is 5.89 Å². The first-order chi connectivity index (χ1) is 9.76. The summed E-state index contributed by atoms with van der Waals surface area (Å²) in [5, 5.41) is 4.10. The van der Waals surface area contributed by atoms with Crippen LogP contribution in [0.1, 0.15) is 30.1 Å². The third kappa shape index (κ3) is 2.57. The number of piperidine rings is 1. The molecule has 2 heterocycles. The highest BCUT2D eigenvalue weighted by atomic mass is 16.5. The van der Waals surface area contributed by atoms with Gasteiger partial charge in [-0.1, -0.05) is 22.9 Å². The molecule has 1 aliphatic heterocycles. The van der Waals surface area contributed by atoms with Crippen molar-refractivity contribution in [1.82, 2.24) is 15.0 Å². The number of carbonyl (C=O) groups is 1. The number of amides is 1. The lowest BCUT2D eigenvalue weighted by atomic mass is 9.96. The molecule has 0 radical (unpaired) electrons. The van der Waals surface area contributed by atoms with Gasteiger partial charge in [0.1, 0.15) is 0 Å². The zero-order valence-electron chi connectivity index (χ0n) is 11.5. The quantitative estimate of drug-likeness (QED) is 0.804. The Bertz CT molecular complexity index is 601. The van der Waals surface area contributed by atoms with Crippen LogP contribution in [0.15, 0.2) is 28.8 Å². The first-order valence-electron chi connectivity index (χ1n) is 6.86. The van der Waals surface area contributed by atoms with Crippen molar-refractivity contribution in [3.8, 4) is 11.5 Å². The van der Waals surface area contributed by atoms with Crippen molar-refractivity contribution in [2.45, 2.75) is 25.7 Å². The fraction of sp³-hybridized carbons (Fsp3) is 0.400. The van der Waals surface area contributed by atoms with Gasteiger partial charge >= 0.3 is 0 Å². The highest BCUT2D eigenvalue weighted by Crippen LogP contribution is 2.27. The summed E-state index contributed by atoms with van der Waals surface area (Å²) in [5.41, 5.74) is 2.12. The number of aromatic nitrogens is 2. The molecule has 3 rings (SSSR count). The average molecular weight is 271 g/mol. The van der Waals surface area contributed by atoms with Crippen molar-refractivity contribution < 1.29 is 9.32 Å². The molecule has 2 aromatic rings. The molecule has 0 atom stereocenters. The van der Waals surface area contributed by atoms with Crippen LogP contribution in [0.4, 0.5) is 0 Å². The van der Waals surface area contributed by atoms with Gasteiger partial charge in [0, 0.05) is 24.6 Å². The van der Waals surface area contributed by atoms with Gasteiger partial charge in [-0.05, 0) is 31.9 Å². The summed E-state index contributed by atoms with van der Waals surface area (Å²) in [6.07, 6.45) is 2.70. The zero-order valence-corrected chi connectivity index (χ0v) is 11.5. The van der Waals surface area contributed by atoms with Gasteiger partial charge in [0.2, 0.25) is 6.41 Å². The highest BCUT2D eigenvalue weighted by Gasteiger charge is 2.24. The Morgan fingerprint density at radius 2 is 2.15 bits per heavy atom. The maximum Gasteiger partial charge on any atom is 0.257 e. The molecule has 20 heavy (non-hydrogen) atoms. The van der Waals surface area contributed by atoms with Crippen molar-refractivity contribution in [3.05, 3.63) is 35.7 Å². The van der Waals surface area contributed by atoms with Crippen LogP contribution in [0, 0.1) is 6.92 Å². The fourth-order valence-corrected chi connectivity index (χ4v) is 2.56. The molecule has 0 spiro atoms. The number of nitrogens with zero attached hydrogens (tertiary/aromatic N) is 3. The van der Waals surface area contributed by atoms with Gasteiger partial charge in [-0.2, -0.15) is 4.98 Å². The number of hydrogen-bond acceptors (Lipinski definition) is 4. The van der Waals surface area contributed by atoms with E-state index in [-0.39, 0.29) is 5.92 Å². The Hall–Kier alpha value is -2.17. The number of aryl methyl sites for hydroxylation is 1. The Kier molecular flexibility index (Phi) is 3.50. The molecule has 5 nitrogen and oxygen atoms in total. The Labute approximate surface area is 117 Å². The summed E-state index contributed by atoms with van der Waals surface area (Å²) in [6, 6.07) is 8.03. The zero-order chi connectivity index (χ0) is 13.9. The van der Waals surface area contributed by atoms with Gasteiger partial charge in [0.15, 0.2) is 5.82 Å². The van der Waals surface area contributed by atoms with E-state index in [1.807, 2.05) is 31.2 Å². The van der Waals surface area contributed by atoms with Crippen LogP contribution in [-0.2, 0) is 4.79 Å². The molecule has 0 aliphatic carbocycles. The summed E-state index contributed by atoms with van der Waals surface area (Å²) in [6.45, 7) is 3.57. The summed E-state index contributed by atoms with van der Waals surface area (Å²) in [5.74, 6) is 1.61. The third-order valence-electron chi connectivity index (χ3n) is 3.75. The number of likely N-dealkylation sites (tertiary alicyclic amines) is 1. The standard InChI is InChI=1S/C15H17N3O2/c1-11-3-2-4-13(9-11)15-16-14(17-20-15)12-5-7-18(10-19)8-6-12/h2-4,9-10,12H,5-8H2,1H3. The van der Waals surface area contributed by atoms with Crippen LogP contribution in [0.3, 0.4) is 0 Å². The van der Waals surface area contributed by atoms with E-state index in [1.54, 1.807) is 4.90 Å². The van der Waals surface area contributed by atoms with Crippen LogP contribution in [0.5, 0.6) is 0 Å². The van der Waals surface area contributed by atoms with Crippen LogP contribution in [-0.4, -0.2) is 34.5 Å². The Morgan fingerprint density at radius 3 is 2.85 bits per heavy atom. The molecule has 1 saturated heterocycles. The van der Waals surface area contributed by atoms with E-state index >= 15 is 0 Å². The largest absolute Gasteiger partial charge is 0.345 e. The average Bonchev–Trinajstić information content (AvgIpc) is 2.97. The molecule has 0 bridgehead atoms. The maximum absolute atomic E-state index is 10.7. The second kappa shape index (κ2) is 5.45. The molecule has 0 N–H and O–H groups in total. The first-order valence-corrected chi connectivity index (χ1v) is 6.86. The molecule has 1 aliphatic rings. The molecular formula is C15H17N3O2. The summed E-state index contributed by atoms with van der Waals surface area (Å²) >= 11 is 0. The Morgan fingerprint density at radius 1 is 1.35 bits per heavy atom. The van der Waals surface area contributed by atoms with Crippen molar-refractivity contribution in [1.29, 1.82) is 0 Å². The van der Waals surface area contributed by atoms with E-state index in [2.05, 4.69) is 10.1 Å². The third-order valence-corrected chi connectivity index (χ3v) is 3.75. The van der Waals surface area contributed by atoms with Gasteiger partial charge in [-0.15, -0.1) is 0 Å². The number of benzene rings is 1. The van der Waals surface area contributed by atoms with Gasteiger partial charge in [0.05, 0.1) is 0 Å². The minimum absolute atomic E-state index is 0.286. The lowest BCUT2D eigenvalue weighted by Gasteiger charge is -2.27. The molecule has 1 fully saturated rings. The van der Waals surface area contributed by atoms with E-state index in [9.17, 15) is 4.79 Å². The van der Waals surface area contributed by atoms with Gasteiger partial charge < -0.3 is 9.42 Å². The van der Waals surface area contributed by atoms with Crippen LogP contribution < -0.4 is 0 Å². The summed E-state index contributed by atoms with van der Waals surface area (Å²) in [4.78, 5) is 17.0. The maximum atomic E-state index is 10.7. The normalized spacial score (nSPS) is 16.4. The molecule has 1 amide bonds. The molecule has 1 aromatic carbocycles. The van der Waals surface area contributed by atoms with Crippen LogP contribution in [0.2, 0.25) is 0 Å². The molecule has 5 heteroatoms. The topological polar surface area (TPSA) is 59.2 Å². The second-order valence-electron chi connectivity index (χ2n) is 5.24. The molecular weight excluding hydrogens is 254 g/mol. The van der Waals surface area contributed by atoms with Crippen molar-refractivity contribution in [2.24, 2.45) is 0 Å².